The molecule has 0 saturated heterocycles. The Bertz CT molecular complexity index is 384. The van der Waals surface area contributed by atoms with Crippen molar-refractivity contribution in [2.45, 2.75) is 17.3 Å². The molecule has 0 radical (unpaired) electrons. The molecule has 0 aliphatic carbocycles. The second-order valence-electron chi connectivity index (χ2n) is 2.76. The minimum Gasteiger partial charge on any atom is -0.463 e. The van der Waals surface area contributed by atoms with Gasteiger partial charge >= 0.3 is 5.97 Å². The first-order chi connectivity index (χ1) is 7.54. The highest BCUT2D eigenvalue weighted by Crippen LogP contribution is 2.28. The number of hydrogen-bond donors (Lipinski definition) is 0. The molecule has 16 heavy (non-hydrogen) atoms. The molecular weight excluding hydrogens is 241 g/mol. The van der Waals surface area contributed by atoms with Gasteiger partial charge in [-0.15, -0.1) is 0 Å². The minimum atomic E-state index is -2.01. The van der Waals surface area contributed by atoms with Crippen molar-refractivity contribution < 1.29 is 22.7 Å². The molecule has 0 aliphatic heterocycles. The van der Waals surface area contributed by atoms with Gasteiger partial charge in [-0.3, -0.25) is 0 Å². The Hall–Kier alpha value is -1.17. The molecule has 0 saturated carbocycles. The van der Waals surface area contributed by atoms with Gasteiger partial charge in [-0.05, 0) is 19.1 Å². The topological polar surface area (TPSA) is 26.3 Å². The Kier molecular flexibility index (Phi) is 4.67. The molecule has 0 aromatic heterocycles. The highest BCUT2D eigenvalue weighted by atomic mass is 32.2. The van der Waals surface area contributed by atoms with E-state index in [2.05, 4.69) is 4.74 Å². The maximum atomic E-state index is 13.2. The molecule has 1 rings (SSSR count). The summed E-state index contributed by atoms with van der Waals surface area (Å²) in [5.74, 6) is -2.73. The van der Waals surface area contributed by atoms with Crippen molar-refractivity contribution in [3.05, 3.63) is 29.8 Å². The molecule has 0 aliphatic rings. The highest BCUT2D eigenvalue weighted by Gasteiger charge is 2.21. The van der Waals surface area contributed by atoms with E-state index in [1.807, 2.05) is 0 Å². The maximum absolute atomic E-state index is 13.2. The lowest BCUT2D eigenvalue weighted by molar-refractivity contribution is -0.145. The summed E-state index contributed by atoms with van der Waals surface area (Å²) in [5.41, 5.74) is -2.01. The largest absolute Gasteiger partial charge is 0.463 e. The average molecular weight is 250 g/mol. The van der Waals surface area contributed by atoms with Crippen molar-refractivity contribution >= 4 is 17.7 Å². The van der Waals surface area contributed by atoms with Crippen LogP contribution in [0.4, 0.5) is 13.2 Å². The first-order valence-corrected chi connectivity index (χ1v) is 5.35. The van der Waals surface area contributed by atoms with Gasteiger partial charge in [-0.1, -0.05) is 11.8 Å². The SMILES string of the molecule is CCOC(=O)[C@@H](F)Sc1ccc(F)cc1F. The van der Waals surface area contributed by atoms with Crippen LogP contribution < -0.4 is 0 Å². The quantitative estimate of drug-likeness (QED) is 0.607. The molecule has 6 heteroatoms. The molecule has 1 atom stereocenters. The molecule has 2 nitrogen and oxygen atoms in total. The van der Waals surface area contributed by atoms with Crippen LogP contribution >= 0.6 is 11.8 Å². The summed E-state index contributed by atoms with van der Waals surface area (Å²) in [6, 6.07) is 2.69. The van der Waals surface area contributed by atoms with Crippen LogP contribution in [0, 0.1) is 11.6 Å². The van der Waals surface area contributed by atoms with E-state index in [-0.39, 0.29) is 11.5 Å². The maximum Gasteiger partial charge on any atom is 0.351 e. The zero-order chi connectivity index (χ0) is 12.1. The number of ether oxygens (including phenoxy) is 1. The predicted molar refractivity (Wildman–Crippen MR) is 53.7 cm³/mol. The van der Waals surface area contributed by atoms with Gasteiger partial charge in [0, 0.05) is 11.0 Å². The molecule has 1 aromatic carbocycles. The lowest BCUT2D eigenvalue weighted by atomic mass is 10.3. The van der Waals surface area contributed by atoms with Crippen LogP contribution in [0.1, 0.15) is 6.92 Å². The van der Waals surface area contributed by atoms with E-state index in [4.69, 9.17) is 0 Å². The van der Waals surface area contributed by atoms with Crippen molar-refractivity contribution in [3.8, 4) is 0 Å². The molecule has 0 fully saturated rings. The van der Waals surface area contributed by atoms with Gasteiger partial charge in [0.2, 0.25) is 5.50 Å². The van der Waals surface area contributed by atoms with E-state index in [0.717, 1.165) is 12.1 Å². The van der Waals surface area contributed by atoms with E-state index in [1.165, 1.54) is 6.92 Å². The Labute approximate surface area is 94.8 Å². The molecule has 0 N–H and O–H groups in total. The van der Waals surface area contributed by atoms with Crippen LogP contribution in [-0.2, 0) is 9.53 Å². The van der Waals surface area contributed by atoms with E-state index in [9.17, 15) is 18.0 Å². The highest BCUT2D eigenvalue weighted by molar-refractivity contribution is 8.00. The predicted octanol–water partition coefficient (Wildman–Crippen LogP) is 2.92. The summed E-state index contributed by atoms with van der Waals surface area (Å²) in [5, 5.41) is 0. The number of thioether (sulfide) groups is 1. The van der Waals surface area contributed by atoms with Crippen LogP contribution in [0.5, 0.6) is 0 Å². The van der Waals surface area contributed by atoms with E-state index in [1.54, 1.807) is 0 Å². The molecule has 0 spiro atoms. The molecule has 0 bridgehead atoms. The fraction of sp³-hybridized carbons (Fsp3) is 0.300. The standard InChI is InChI=1S/C10H9F3O2S/c1-2-15-10(14)9(13)16-8-4-3-6(11)5-7(8)12/h3-5,9H,2H2,1H3/t9-/m0/s1. The van der Waals surface area contributed by atoms with Crippen molar-refractivity contribution in [3.63, 3.8) is 0 Å². The van der Waals surface area contributed by atoms with Crippen LogP contribution in [0.25, 0.3) is 0 Å². The second-order valence-corrected chi connectivity index (χ2v) is 3.85. The molecule has 88 valence electrons. The van der Waals surface area contributed by atoms with Gasteiger partial charge in [0.15, 0.2) is 0 Å². The molecule has 0 unspecified atom stereocenters. The number of carbonyl (C=O) groups is 1. The summed E-state index contributed by atoms with van der Waals surface area (Å²) >= 11 is 0.344. The fourth-order valence-electron chi connectivity index (χ4n) is 0.938. The van der Waals surface area contributed by atoms with Crippen molar-refractivity contribution in [1.29, 1.82) is 0 Å². The first-order valence-electron chi connectivity index (χ1n) is 4.47. The fourth-order valence-corrected chi connectivity index (χ4v) is 1.64. The third kappa shape index (κ3) is 3.44. The van der Waals surface area contributed by atoms with E-state index in [0.29, 0.717) is 17.8 Å². The zero-order valence-electron chi connectivity index (χ0n) is 8.38. The summed E-state index contributed by atoms with van der Waals surface area (Å²) in [6.07, 6.45) is 0. The zero-order valence-corrected chi connectivity index (χ0v) is 9.19. The van der Waals surface area contributed by atoms with Crippen LogP contribution in [0.3, 0.4) is 0 Å². The monoisotopic (exact) mass is 250 g/mol. The number of rotatable bonds is 4. The van der Waals surface area contributed by atoms with Gasteiger partial charge in [0.1, 0.15) is 11.6 Å². The number of halogens is 3. The smallest absolute Gasteiger partial charge is 0.351 e. The second kappa shape index (κ2) is 5.79. The summed E-state index contributed by atoms with van der Waals surface area (Å²) < 4.78 is 43.2. The molecule has 0 heterocycles. The number of esters is 1. The van der Waals surface area contributed by atoms with Crippen LogP contribution in [-0.4, -0.2) is 18.1 Å². The lowest BCUT2D eigenvalue weighted by Gasteiger charge is -2.07. The van der Waals surface area contributed by atoms with Gasteiger partial charge in [-0.25, -0.2) is 18.0 Å². The summed E-state index contributed by atoms with van der Waals surface area (Å²) in [7, 11) is 0. The Morgan fingerprint density at radius 1 is 1.50 bits per heavy atom. The van der Waals surface area contributed by atoms with Gasteiger partial charge in [0.05, 0.1) is 6.61 Å². The molecule has 0 amide bonds. The Morgan fingerprint density at radius 2 is 2.19 bits per heavy atom. The van der Waals surface area contributed by atoms with Crippen molar-refractivity contribution in [1.82, 2.24) is 0 Å². The van der Waals surface area contributed by atoms with Crippen LogP contribution in [0.2, 0.25) is 0 Å². The lowest BCUT2D eigenvalue weighted by Crippen LogP contribution is -2.15. The van der Waals surface area contributed by atoms with E-state index >= 15 is 0 Å². The Morgan fingerprint density at radius 3 is 2.75 bits per heavy atom. The molecule has 1 aromatic rings. The average Bonchev–Trinajstić information content (AvgIpc) is 2.22. The third-order valence-electron chi connectivity index (χ3n) is 1.60. The summed E-state index contributed by atoms with van der Waals surface area (Å²) in [6.45, 7) is 1.58. The minimum absolute atomic E-state index is 0.0473. The van der Waals surface area contributed by atoms with Gasteiger partial charge in [0.25, 0.3) is 0 Å². The number of alkyl halides is 1. The van der Waals surface area contributed by atoms with E-state index < -0.39 is 23.1 Å². The van der Waals surface area contributed by atoms with Crippen molar-refractivity contribution in [2.75, 3.05) is 6.61 Å². The summed E-state index contributed by atoms with van der Waals surface area (Å²) in [4.78, 5) is 10.8. The third-order valence-corrected chi connectivity index (χ3v) is 2.58. The van der Waals surface area contributed by atoms with Crippen molar-refractivity contribution in [2.24, 2.45) is 0 Å². The Balaban J connectivity index is 2.69. The number of hydrogen-bond acceptors (Lipinski definition) is 3. The van der Waals surface area contributed by atoms with Crippen LogP contribution in [0.15, 0.2) is 23.1 Å². The molecular formula is C10H9F3O2S. The van der Waals surface area contributed by atoms with Gasteiger partial charge in [-0.2, -0.15) is 0 Å². The van der Waals surface area contributed by atoms with Gasteiger partial charge < -0.3 is 4.74 Å². The normalized spacial score (nSPS) is 12.2. The number of carbonyl (C=O) groups excluding carboxylic acids is 1. The first kappa shape index (κ1) is 12.9. The number of benzene rings is 1.